The summed E-state index contributed by atoms with van der Waals surface area (Å²) in [7, 11) is -4.36. The van der Waals surface area contributed by atoms with Crippen LogP contribution < -0.4 is 4.74 Å². The Hall–Kier alpha value is -2.17. The molecule has 2 amide bonds. The summed E-state index contributed by atoms with van der Waals surface area (Å²) >= 11 is 0. The molecule has 2 saturated heterocycles. The second kappa shape index (κ2) is 9.10. The Morgan fingerprint density at radius 3 is 2.24 bits per heavy atom. The molecule has 0 bridgehead atoms. The zero-order valence-electron chi connectivity index (χ0n) is 16.3. The molecule has 10 heteroatoms. The Morgan fingerprint density at radius 2 is 1.69 bits per heavy atom. The third-order valence-electron chi connectivity index (χ3n) is 5.30. The number of hydroxylamine groups is 1. The van der Waals surface area contributed by atoms with Crippen molar-refractivity contribution in [3.05, 3.63) is 24.3 Å². The number of nitrogens with zero attached hydrogens (tertiary/aromatic N) is 2. The van der Waals surface area contributed by atoms with E-state index in [1.165, 1.54) is 31.2 Å². The molecular formula is C19H26N2O7S. The average Bonchev–Trinajstić information content (AvgIpc) is 2.74. The van der Waals surface area contributed by atoms with Gasteiger partial charge in [0.1, 0.15) is 11.9 Å². The fraction of sp³-hybridized carbons (Fsp3) is 0.579. The number of carbonyl (C=O) groups excluding carboxylic acids is 2. The fourth-order valence-corrected chi connectivity index (χ4v) is 4.56. The van der Waals surface area contributed by atoms with Crippen LogP contribution in [0.1, 0.15) is 32.6 Å². The zero-order valence-corrected chi connectivity index (χ0v) is 17.1. The van der Waals surface area contributed by atoms with E-state index >= 15 is 0 Å². The highest BCUT2D eigenvalue weighted by atomic mass is 32.2. The summed E-state index contributed by atoms with van der Waals surface area (Å²) in [5.41, 5.74) is 0. The molecule has 3 rings (SSSR count). The van der Waals surface area contributed by atoms with Crippen molar-refractivity contribution in [2.24, 2.45) is 5.92 Å². The molecule has 0 aromatic heterocycles. The molecule has 2 aliphatic rings. The van der Waals surface area contributed by atoms with Crippen LogP contribution in [0.25, 0.3) is 0 Å². The second-order valence-electron chi connectivity index (χ2n) is 7.27. The van der Waals surface area contributed by atoms with Gasteiger partial charge in [-0.25, -0.2) is 0 Å². The third kappa shape index (κ3) is 5.06. The van der Waals surface area contributed by atoms with Crippen LogP contribution in [0.3, 0.4) is 0 Å². The van der Waals surface area contributed by atoms with E-state index in [0.29, 0.717) is 57.7 Å². The largest absolute Gasteiger partial charge is 0.490 e. The summed E-state index contributed by atoms with van der Waals surface area (Å²) in [6, 6.07) is 5.60. The number of carbonyl (C=O) groups is 2. The van der Waals surface area contributed by atoms with Crippen molar-refractivity contribution in [3.8, 4) is 5.75 Å². The third-order valence-corrected chi connectivity index (χ3v) is 6.80. The minimum atomic E-state index is -4.36. The van der Waals surface area contributed by atoms with E-state index in [4.69, 9.17) is 9.47 Å². The molecule has 2 heterocycles. The van der Waals surface area contributed by atoms with Crippen molar-refractivity contribution in [2.75, 3.05) is 26.3 Å². The summed E-state index contributed by atoms with van der Waals surface area (Å²) in [6.07, 6.45) is 2.09. The van der Waals surface area contributed by atoms with Gasteiger partial charge >= 0.3 is 0 Å². The first-order valence-electron chi connectivity index (χ1n) is 9.67. The monoisotopic (exact) mass is 426 g/mol. The van der Waals surface area contributed by atoms with Gasteiger partial charge in [0.15, 0.2) is 0 Å². The maximum Gasteiger partial charge on any atom is 0.289 e. The number of piperidine rings is 1. The number of hydrogen-bond acceptors (Lipinski definition) is 7. The van der Waals surface area contributed by atoms with Gasteiger partial charge in [0.25, 0.3) is 15.9 Å². The van der Waals surface area contributed by atoms with Gasteiger partial charge in [0.2, 0.25) is 5.91 Å². The Bertz CT molecular complexity index is 827. The second-order valence-corrected chi connectivity index (χ2v) is 9.03. The molecule has 160 valence electrons. The van der Waals surface area contributed by atoms with Crippen molar-refractivity contribution >= 4 is 21.8 Å². The van der Waals surface area contributed by atoms with Gasteiger partial charge in [-0.3, -0.25) is 14.8 Å². The number of amides is 2. The van der Waals surface area contributed by atoms with Crippen LogP contribution in [0.4, 0.5) is 0 Å². The Morgan fingerprint density at radius 1 is 1.10 bits per heavy atom. The highest BCUT2D eigenvalue weighted by molar-refractivity contribution is 7.89. The van der Waals surface area contributed by atoms with Crippen LogP contribution >= 0.6 is 0 Å². The van der Waals surface area contributed by atoms with Crippen molar-refractivity contribution in [1.29, 1.82) is 0 Å². The summed E-state index contributed by atoms with van der Waals surface area (Å²) in [5.74, 6) is -0.884. The molecule has 0 aliphatic carbocycles. The minimum Gasteiger partial charge on any atom is -0.490 e. The molecular weight excluding hydrogens is 400 g/mol. The number of sulfonamides is 1. The maximum atomic E-state index is 12.6. The van der Waals surface area contributed by atoms with Crippen LogP contribution in [0.5, 0.6) is 5.75 Å². The molecule has 9 nitrogen and oxygen atoms in total. The van der Waals surface area contributed by atoms with Gasteiger partial charge in [-0.05, 0) is 37.1 Å². The molecule has 0 unspecified atom stereocenters. The van der Waals surface area contributed by atoms with E-state index in [0.717, 1.165) is 0 Å². The summed E-state index contributed by atoms with van der Waals surface area (Å²) in [4.78, 5) is 25.3. The highest BCUT2D eigenvalue weighted by Gasteiger charge is 2.34. The molecule has 0 saturated carbocycles. The summed E-state index contributed by atoms with van der Waals surface area (Å²) < 4.78 is 36.0. The fourth-order valence-electron chi connectivity index (χ4n) is 3.49. The molecule has 0 radical (unpaired) electrons. The number of rotatable bonds is 5. The molecule has 0 spiro atoms. The smallest absolute Gasteiger partial charge is 0.289 e. The highest BCUT2D eigenvalue weighted by Crippen LogP contribution is 2.25. The lowest BCUT2D eigenvalue weighted by molar-refractivity contribution is -0.153. The number of ether oxygens (including phenoxy) is 2. The molecule has 1 N–H and O–H groups in total. The topological polar surface area (TPSA) is 113 Å². The molecule has 29 heavy (non-hydrogen) atoms. The first kappa shape index (κ1) is 21.5. The van der Waals surface area contributed by atoms with Crippen LogP contribution in [0.2, 0.25) is 0 Å². The lowest BCUT2D eigenvalue weighted by Gasteiger charge is -2.31. The Kier molecular flexibility index (Phi) is 6.76. The standard InChI is InChI=1S/C19H26N2O7S/c1-14(22)20-10-6-17(7-11-20)28-16-2-4-18(5-3-16)29(25,26)21(24)19(23)15-8-12-27-13-9-15/h2-5,15,17,24H,6-13H2,1H3. The van der Waals surface area contributed by atoms with Gasteiger partial charge in [-0.2, -0.15) is 8.42 Å². The quantitative estimate of drug-likeness (QED) is 0.559. The first-order chi connectivity index (χ1) is 13.8. The predicted molar refractivity (Wildman–Crippen MR) is 102 cm³/mol. The van der Waals surface area contributed by atoms with E-state index in [1.807, 2.05) is 0 Å². The normalized spacial score (nSPS) is 19.0. The lowest BCUT2D eigenvalue weighted by atomic mass is 10.00. The average molecular weight is 426 g/mol. The Balaban J connectivity index is 1.61. The SMILES string of the molecule is CC(=O)N1CCC(Oc2ccc(S(=O)(=O)N(O)C(=O)C3CCOCC3)cc2)CC1. The van der Waals surface area contributed by atoms with E-state index < -0.39 is 21.8 Å². The lowest BCUT2D eigenvalue weighted by Crippen LogP contribution is -2.40. The van der Waals surface area contributed by atoms with Crippen LogP contribution in [0.15, 0.2) is 29.2 Å². The molecule has 2 fully saturated rings. The van der Waals surface area contributed by atoms with E-state index in [1.54, 1.807) is 4.90 Å². The van der Waals surface area contributed by atoms with Gasteiger partial charge in [0.05, 0.1) is 4.90 Å². The van der Waals surface area contributed by atoms with Crippen molar-refractivity contribution in [3.63, 3.8) is 0 Å². The number of hydrogen-bond donors (Lipinski definition) is 1. The Labute approximate surface area is 170 Å². The number of benzene rings is 1. The van der Waals surface area contributed by atoms with Crippen molar-refractivity contribution in [2.45, 2.75) is 43.6 Å². The molecule has 1 aromatic rings. The van der Waals surface area contributed by atoms with Gasteiger partial charge in [-0.15, -0.1) is 4.47 Å². The first-order valence-corrected chi connectivity index (χ1v) is 11.1. The molecule has 2 aliphatic heterocycles. The van der Waals surface area contributed by atoms with Crippen molar-refractivity contribution in [1.82, 2.24) is 9.37 Å². The number of likely N-dealkylation sites (tertiary alicyclic amines) is 1. The van der Waals surface area contributed by atoms with Crippen LogP contribution in [-0.2, 0) is 24.3 Å². The van der Waals surface area contributed by atoms with Gasteiger partial charge in [0, 0.05) is 52.0 Å². The van der Waals surface area contributed by atoms with Crippen LogP contribution in [0, 0.1) is 5.92 Å². The van der Waals surface area contributed by atoms with E-state index in [-0.39, 0.29) is 21.4 Å². The minimum absolute atomic E-state index is 0.0434. The van der Waals surface area contributed by atoms with Crippen LogP contribution in [-0.4, -0.2) is 67.2 Å². The van der Waals surface area contributed by atoms with E-state index in [9.17, 15) is 23.2 Å². The van der Waals surface area contributed by atoms with E-state index in [2.05, 4.69) is 0 Å². The zero-order chi connectivity index (χ0) is 21.0. The summed E-state index contributed by atoms with van der Waals surface area (Å²) in [6.45, 7) is 3.52. The van der Waals surface area contributed by atoms with Gasteiger partial charge in [-0.1, -0.05) is 0 Å². The molecule has 0 atom stereocenters. The summed E-state index contributed by atoms with van der Waals surface area (Å²) in [5, 5.41) is 10.0. The molecule has 1 aromatic carbocycles. The predicted octanol–water partition coefficient (Wildman–Crippen LogP) is 1.41. The van der Waals surface area contributed by atoms with Gasteiger partial charge < -0.3 is 14.4 Å². The maximum absolute atomic E-state index is 12.6. The van der Waals surface area contributed by atoms with Crippen molar-refractivity contribution < 1.29 is 32.7 Å².